The maximum Gasteiger partial charge on any atom is 0.258 e. The third-order valence-corrected chi connectivity index (χ3v) is 2.23. The molecule has 0 saturated heterocycles. The first kappa shape index (κ1) is 8.94. The second-order valence-corrected chi connectivity index (χ2v) is 3.53. The first-order valence-corrected chi connectivity index (χ1v) is 4.64. The van der Waals surface area contributed by atoms with Crippen LogP contribution in [0.1, 0.15) is 24.0 Å². The van der Waals surface area contributed by atoms with Gasteiger partial charge in [-0.1, -0.05) is 25.2 Å². The zero-order valence-corrected chi connectivity index (χ0v) is 8.24. The fourth-order valence-electron chi connectivity index (χ4n) is 1.46. The molecular weight excluding hydrogens is 176 g/mol. The van der Waals surface area contributed by atoms with E-state index >= 15 is 0 Å². The first-order valence-electron chi connectivity index (χ1n) is 4.64. The number of aromatic amines is 1. The standard InChI is InChI=1S/C11H12N2O/c1-7-3-5-9-10(6-4-7)12-8(2)13-11(9)14/h3-7H,1-2H3,(H,12,13,14). The molecule has 0 radical (unpaired) electrons. The van der Waals surface area contributed by atoms with Crippen LogP contribution in [0.25, 0.3) is 12.2 Å². The van der Waals surface area contributed by atoms with Gasteiger partial charge in [0.25, 0.3) is 5.56 Å². The van der Waals surface area contributed by atoms with Crippen molar-refractivity contribution in [3.05, 3.63) is 39.6 Å². The van der Waals surface area contributed by atoms with Gasteiger partial charge in [-0.3, -0.25) is 4.79 Å². The van der Waals surface area contributed by atoms with Crippen molar-refractivity contribution in [1.82, 2.24) is 9.97 Å². The molecule has 2 rings (SSSR count). The van der Waals surface area contributed by atoms with Gasteiger partial charge in [-0.05, 0) is 18.9 Å². The number of nitrogens with one attached hydrogen (secondary N) is 1. The predicted octanol–water partition coefficient (Wildman–Crippen LogP) is 1.75. The van der Waals surface area contributed by atoms with Gasteiger partial charge in [0.2, 0.25) is 0 Å². The van der Waals surface area contributed by atoms with Crippen molar-refractivity contribution in [2.75, 3.05) is 0 Å². The van der Waals surface area contributed by atoms with Crippen LogP contribution in [0.4, 0.5) is 0 Å². The average molecular weight is 188 g/mol. The highest BCUT2D eigenvalue weighted by atomic mass is 16.1. The lowest BCUT2D eigenvalue weighted by molar-refractivity contribution is 0.953. The minimum absolute atomic E-state index is 0.0671. The van der Waals surface area contributed by atoms with Gasteiger partial charge in [0, 0.05) is 0 Å². The molecule has 0 amide bonds. The highest BCUT2D eigenvalue weighted by Crippen LogP contribution is 2.14. The van der Waals surface area contributed by atoms with Gasteiger partial charge in [-0.15, -0.1) is 0 Å². The van der Waals surface area contributed by atoms with Crippen LogP contribution in [0.2, 0.25) is 0 Å². The topological polar surface area (TPSA) is 45.8 Å². The van der Waals surface area contributed by atoms with E-state index in [1.165, 1.54) is 0 Å². The molecular formula is C11H12N2O. The van der Waals surface area contributed by atoms with E-state index in [1.54, 1.807) is 6.92 Å². The number of allylic oxidation sites excluding steroid dienone is 2. The number of rotatable bonds is 0. The lowest BCUT2D eigenvalue weighted by atomic mass is 10.1. The second-order valence-electron chi connectivity index (χ2n) is 3.53. The largest absolute Gasteiger partial charge is 0.310 e. The number of hydrogen-bond acceptors (Lipinski definition) is 2. The Morgan fingerprint density at radius 3 is 2.86 bits per heavy atom. The number of aromatic nitrogens is 2. The van der Waals surface area contributed by atoms with E-state index < -0.39 is 0 Å². The third kappa shape index (κ3) is 1.53. The summed E-state index contributed by atoms with van der Waals surface area (Å²) in [5.41, 5.74) is 1.34. The summed E-state index contributed by atoms with van der Waals surface area (Å²) in [7, 11) is 0. The van der Waals surface area contributed by atoms with Crippen LogP contribution in [0.15, 0.2) is 16.9 Å². The molecule has 72 valence electrons. The number of hydrogen-bond donors (Lipinski definition) is 1. The van der Waals surface area contributed by atoms with Gasteiger partial charge in [0.05, 0.1) is 11.3 Å². The summed E-state index contributed by atoms with van der Waals surface area (Å²) in [5, 5.41) is 0. The Kier molecular flexibility index (Phi) is 2.08. The molecule has 1 aliphatic rings. The number of aryl methyl sites for hydroxylation is 1. The number of nitrogens with zero attached hydrogens (tertiary/aromatic N) is 1. The lowest BCUT2D eigenvalue weighted by Crippen LogP contribution is -2.14. The Morgan fingerprint density at radius 1 is 1.36 bits per heavy atom. The lowest BCUT2D eigenvalue weighted by Gasteiger charge is -1.99. The van der Waals surface area contributed by atoms with Gasteiger partial charge < -0.3 is 4.98 Å². The Balaban J connectivity index is 2.68. The van der Waals surface area contributed by atoms with Gasteiger partial charge >= 0.3 is 0 Å². The molecule has 0 saturated carbocycles. The number of H-pyrrole nitrogens is 1. The molecule has 0 aromatic carbocycles. The summed E-state index contributed by atoms with van der Waals surface area (Å²) in [6.45, 7) is 3.85. The molecule has 3 nitrogen and oxygen atoms in total. The highest BCUT2D eigenvalue weighted by Gasteiger charge is 2.07. The normalized spacial score (nSPS) is 19.1. The van der Waals surface area contributed by atoms with Crippen LogP contribution in [0.5, 0.6) is 0 Å². The Labute approximate surface area is 82.2 Å². The number of fused-ring (bicyclic) bond motifs is 1. The van der Waals surface area contributed by atoms with Crippen LogP contribution in [0, 0.1) is 12.8 Å². The average Bonchev–Trinajstić information content (AvgIpc) is 2.28. The van der Waals surface area contributed by atoms with Crippen molar-refractivity contribution in [2.24, 2.45) is 5.92 Å². The van der Waals surface area contributed by atoms with E-state index in [4.69, 9.17) is 0 Å². The molecule has 0 aliphatic heterocycles. The molecule has 0 fully saturated rings. The molecule has 1 aromatic rings. The van der Waals surface area contributed by atoms with Crippen LogP contribution in [-0.4, -0.2) is 9.97 Å². The van der Waals surface area contributed by atoms with Crippen LogP contribution < -0.4 is 5.56 Å². The maximum absolute atomic E-state index is 11.6. The van der Waals surface area contributed by atoms with E-state index in [2.05, 4.69) is 16.9 Å². The van der Waals surface area contributed by atoms with Crippen molar-refractivity contribution in [3.63, 3.8) is 0 Å². The predicted molar refractivity (Wildman–Crippen MR) is 56.8 cm³/mol. The van der Waals surface area contributed by atoms with Crippen molar-refractivity contribution >= 4 is 12.2 Å². The Bertz CT molecular complexity index is 469. The minimum atomic E-state index is -0.0671. The second kappa shape index (κ2) is 3.25. The fourth-order valence-corrected chi connectivity index (χ4v) is 1.46. The van der Waals surface area contributed by atoms with Gasteiger partial charge in [-0.25, -0.2) is 4.98 Å². The smallest absolute Gasteiger partial charge is 0.258 e. The summed E-state index contributed by atoms with van der Waals surface area (Å²) in [6.07, 6.45) is 7.77. The monoisotopic (exact) mass is 188 g/mol. The molecule has 14 heavy (non-hydrogen) atoms. The molecule has 1 unspecified atom stereocenters. The van der Waals surface area contributed by atoms with E-state index in [1.807, 2.05) is 24.3 Å². The summed E-state index contributed by atoms with van der Waals surface area (Å²) < 4.78 is 0. The van der Waals surface area contributed by atoms with E-state index in [9.17, 15) is 4.79 Å². The summed E-state index contributed by atoms with van der Waals surface area (Å²) >= 11 is 0. The Hall–Kier alpha value is -1.64. The Morgan fingerprint density at radius 2 is 2.07 bits per heavy atom. The van der Waals surface area contributed by atoms with Crippen molar-refractivity contribution in [2.45, 2.75) is 13.8 Å². The van der Waals surface area contributed by atoms with Crippen molar-refractivity contribution < 1.29 is 0 Å². The third-order valence-electron chi connectivity index (χ3n) is 2.23. The zero-order valence-electron chi connectivity index (χ0n) is 8.24. The van der Waals surface area contributed by atoms with E-state index in [-0.39, 0.29) is 5.56 Å². The maximum atomic E-state index is 11.6. The molecule has 1 aliphatic carbocycles. The van der Waals surface area contributed by atoms with Crippen molar-refractivity contribution in [3.8, 4) is 0 Å². The SMILES string of the molecule is Cc1nc2c(c(=O)[nH]1)C=CC(C)C=C2. The molecule has 1 aromatic heterocycles. The van der Waals surface area contributed by atoms with E-state index in [0.717, 1.165) is 5.69 Å². The van der Waals surface area contributed by atoms with Gasteiger partial charge in [0.1, 0.15) is 5.82 Å². The first-order chi connectivity index (χ1) is 6.66. The minimum Gasteiger partial charge on any atom is -0.310 e. The van der Waals surface area contributed by atoms with Crippen LogP contribution in [-0.2, 0) is 0 Å². The van der Waals surface area contributed by atoms with Gasteiger partial charge in [-0.2, -0.15) is 0 Å². The van der Waals surface area contributed by atoms with Crippen molar-refractivity contribution in [1.29, 1.82) is 0 Å². The summed E-state index contributed by atoms with van der Waals surface area (Å²) in [5.74, 6) is 1.00. The van der Waals surface area contributed by atoms with Gasteiger partial charge in [0.15, 0.2) is 0 Å². The highest BCUT2D eigenvalue weighted by molar-refractivity contribution is 5.64. The zero-order chi connectivity index (χ0) is 10.1. The summed E-state index contributed by atoms with van der Waals surface area (Å²) in [4.78, 5) is 18.5. The molecule has 1 N–H and O–H groups in total. The molecule has 1 atom stereocenters. The molecule has 0 bridgehead atoms. The summed E-state index contributed by atoms with van der Waals surface area (Å²) in [6, 6.07) is 0. The van der Waals surface area contributed by atoms with Crippen LogP contribution in [0.3, 0.4) is 0 Å². The quantitative estimate of drug-likeness (QED) is 0.674. The molecule has 3 heteroatoms. The molecule has 1 heterocycles. The van der Waals surface area contributed by atoms with E-state index in [0.29, 0.717) is 17.3 Å². The van der Waals surface area contributed by atoms with Crippen LogP contribution >= 0.6 is 0 Å². The molecule has 0 spiro atoms. The fraction of sp³-hybridized carbons (Fsp3) is 0.273.